The maximum atomic E-state index is 12.7. The van der Waals surface area contributed by atoms with Crippen molar-refractivity contribution in [1.82, 2.24) is 25.2 Å². The van der Waals surface area contributed by atoms with Crippen LogP contribution in [0, 0.1) is 18.8 Å². The van der Waals surface area contributed by atoms with Crippen molar-refractivity contribution in [3.8, 4) is 5.75 Å². The first-order chi connectivity index (χ1) is 12.1. The highest BCUT2D eigenvalue weighted by Crippen LogP contribution is 2.44. The number of rotatable bonds is 3. The van der Waals surface area contributed by atoms with Gasteiger partial charge in [-0.2, -0.15) is 15.4 Å². The Morgan fingerprint density at radius 1 is 1.19 bits per heavy atom. The number of hydrogen-bond donors (Lipinski definition) is 1. The molecule has 3 atom stereocenters. The third kappa shape index (κ3) is 3.05. The monoisotopic (exact) mass is 377 g/mol. The molecule has 1 aromatic heterocycles. The van der Waals surface area contributed by atoms with E-state index in [1.165, 1.54) is 5.56 Å². The lowest BCUT2D eigenvalue weighted by molar-refractivity contribution is 0.0761. The highest BCUT2D eigenvalue weighted by molar-refractivity contribution is 5.93. The summed E-state index contributed by atoms with van der Waals surface area (Å²) < 4.78 is 5.26. The Morgan fingerprint density at radius 2 is 1.92 bits per heavy atom. The smallest absolute Gasteiger partial charge is 0.276 e. The van der Waals surface area contributed by atoms with Crippen molar-refractivity contribution in [2.24, 2.45) is 11.8 Å². The van der Waals surface area contributed by atoms with Crippen molar-refractivity contribution in [3.63, 3.8) is 0 Å². The number of ether oxygens (including phenoxy) is 1. The zero-order valence-electron chi connectivity index (χ0n) is 15.2. The molecule has 4 rings (SSSR count). The predicted molar refractivity (Wildman–Crippen MR) is 99.6 cm³/mol. The van der Waals surface area contributed by atoms with Gasteiger partial charge in [0.15, 0.2) is 5.69 Å². The lowest BCUT2D eigenvalue weighted by Gasteiger charge is -2.26. The molecule has 7 nitrogen and oxygen atoms in total. The fraction of sp³-hybridized carbons (Fsp3) is 0.500. The number of methoxy groups -OCH3 is 1. The summed E-state index contributed by atoms with van der Waals surface area (Å²) >= 11 is 0. The van der Waals surface area contributed by atoms with Crippen molar-refractivity contribution in [2.75, 3.05) is 33.8 Å². The maximum absolute atomic E-state index is 12.7. The van der Waals surface area contributed by atoms with Gasteiger partial charge in [0.1, 0.15) is 5.75 Å². The number of amides is 1. The minimum atomic E-state index is -0.0169. The summed E-state index contributed by atoms with van der Waals surface area (Å²) in [5, 5.41) is 10.5. The molecule has 1 amide bonds. The van der Waals surface area contributed by atoms with Gasteiger partial charge < -0.3 is 9.64 Å². The fourth-order valence-electron chi connectivity index (χ4n) is 4.36. The SMILES string of the molecule is COc1ccc([C@@H]2[C@@H]3CN(C(=O)c4n[nH]nc4C)C[C@@H]3CN2C)cc1.Cl. The number of fused-ring (bicyclic) bond motifs is 1. The number of H-pyrrole nitrogens is 1. The fourth-order valence-corrected chi connectivity index (χ4v) is 4.36. The predicted octanol–water partition coefficient (Wildman–Crippen LogP) is 1.92. The van der Waals surface area contributed by atoms with Gasteiger partial charge in [-0.15, -0.1) is 12.4 Å². The van der Waals surface area contributed by atoms with E-state index in [-0.39, 0.29) is 18.3 Å². The van der Waals surface area contributed by atoms with E-state index in [0.717, 1.165) is 25.4 Å². The van der Waals surface area contributed by atoms with Gasteiger partial charge in [-0.25, -0.2) is 0 Å². The largest absolute Gasteiger partial charge is 0.497 e. The number of aromatic amines is 1. The average molecular weight is 378 g/mol. The normalized spacial score (nSPS) is 25.0. The first-order valence-electron chi connectivity index (χ1n) is 8.59. The Bertz CT molecular complexity index is 778. The van der Waals surface area contributed by atoms with Crippen LogP contribution in [-0.2, 0) is 0 Å². The van der Waals surface area contributed by atoms with E-state index < -0.39 is 0 Å². The highest BCUT2D eigenvalue weighted by atomic mass is 35.5. The molecule has 2 saturated heterocycles. The number of hydrogen-bond acceptors (Lipinski definition) is 5. The lowest BCUT2D eigenvalue weighted by Crippen LogP contribution is -2.34. The molecule has 0 unspecified atom stereocenters. The second kappa shape index (κ2) is 7.25. The minimum absolute atomic E-state index is 0. The molecule has 0 bridgehead atoms. The van der Waals surface area contributed by atoms with Crippen LogP contribution in [0.4, 0.5) is 0 Å². The molecule has 0 radical (unpaired) electrons. The first-order valence-corrected chi connectivity index (χ1v) is 8.59. The van der Waals surface area contributed by atoms with Gasteiger partial charge in [0.05, 0.1) is 12.8 Å². The van der Waals surface area contributed by atoms with Gasteiger partial charge in [-0.3, -0.25) is 9.69 Å². The van der Waals surface area contributed by atoms with E-state index in [1.54, 1.807) is 7.11 Å². The molecule has 1 N–H and O–H groups in total. The van der Waals surface area contributed by atoms with Crippen molar-refractivity contribution >= 4 is 18.3 Å². The Hall–Kier alpha value is -2.12. The van der Waals surface area contributed by atoms with Gasteiger partial charge >= 0.3 is 0 Å². The van der Waals surface area contributed by atoms with Crippen molar-refractivity contribution < 1.29 is 9.53 Å². The van der Waals surface area contributed by atoms with Crippen molar-refractivity contribution in [1.29, 1.82) is 0 Å². The first kappa shape index (κ1) is 18.7. The van der Waals surface area contributed by atoms with Crippen LogP contribution in [0.1, 0.15) is 27.8 Å². The van der Waals surface area contributed by atoms with Crippen molar-refractivity contribution in [2.45, 2.75) is 13.0 Å². The number of nitrogens with one attached hydrogen (secondary N) is 1. The van der Waals surface area contributed by atoms with Crippen LogP contribution in [0.25, 0.3) is 0 Å². The van der Waals surface area contributed by atoms with Crippen LogP contribution < -0.4 is 4.74 Å². The molecule has 2 aromatic rings. The molecule has 8 heteroatoms. The number of aryl methyl sites for hydroxylation is 1. The number of likely N-dealkylation sites (tertiary alicyclic amines) is 2. The summed E-state index contributed by atoms with van der Waals surface area (Å²) in [4.78, 5) is 17.1. The number of halogens is 1. The van der Waals surface area contributed by atoms with E-state index in [1.807, 2.05) is 24.0 Å². The summed E-state index contributed by atoms with van der Waals surface area (Å²) in [7, 11) is 3.85. The van der Waals surface area contributed by atoms with Crippen LogP contribution in [0.15, 0.2) is 24.3 Å². The molecule has 2 fully saturated rings. The molecular weight excluding hydrogens is 354 g/mol. The van der Waals surface area contributed by atoms with Crippen LogP contribution >= 0.6 is 12.4 Å². The molecular formula is C18H24ClN5O2. The summed E-state index contributed by atoms with van der Waals surface area (Å²) in [6.45, 7) is 4.36. The number of carbonyl (C=O) groups is 1. The third-order valence-corrected chi connectivity index (χ3v) is 5.56. The summed E-state index contributed by atoms with van der Waals surface area (Å²) in [6.07, 6.45) is 0. The van der Waals surface area contributed by atoms with E-state index in [9.17, 15) is 4.79 Å². The number of aromatic nitrogens is 3. The summed E-state index contributed by atoms with van der Waals surface area (Å²) in [5.41, 5.74) is 2.38. The molecule has 0 aliphatic carbocycles. The van der Waals surface area contributed by atoms with Crippen molar-refractivity contribution in [3.05, 3.63) is 41.2 Å². The number of nitrogens with zero attached hydrogens (tertiary/aromatic N) is 4. The quantitative estimate of drug-likeness (QED) is 0.884. The second-order valence-electron chi connectivity index (χ2n) is 7.05. The Morgan fingerprint density at radius 3 is 2.54 bits per heavy atom. The van der Waals surface area contributed by atoms with Crippen LogP contribution in [0.3, 0.4) is 0 Å². The molecule has 0 saturated carbocycles. The van der Waals surface area contributed by atoms with E-state index in [0.29, 0.717) is 29.3 Å². The molecule has 2 aliphatic rings. The van der Waals surface area contributed by atoms with E-state index >= 15 is 0 Å². The Kier molecular flexibility index (Phi) is 5.20. The van der Waals surface area contributed by atoms with Gasteiger partial charge in [0, 0.05) is 31.6 Å². The second-order valence-corrected chi connectivity index (χ2v) is 7.05. The standard InChI is InChI=1S/C18H23N5O2.ClH/c1-11-16(20-21-19-11)18(24)23-9-13-8-22(2)17(15(13)10-23)12-4-6-14(25-3)7-5-12;/h4-7,13,15,17H,8-10H2,1-3H3,(H,19,20,21);1H/t13-,15+,17+;/m0./s1. The summed E-state index contributed by atoms with van der Waals surface area (Å²) in [5.74, 6) is 1.78. The van der Waals surface area contributed by atoms with Gasteiger partial charge in [0.2, 0.25) is 0 Å². The average Bonchev–Trinajstić information content (AvgIpc) is 3.28. The maximum Gasteiger partial charge on any atom is 0.276 e. The molecule has 140 valence electrons. The van der Waals surface area contributed by atoms with Gasteiger partial charge in [0.25, 0.3) is 5.91 Å². The van der Waals surface area contributed by atoms with Crippen LogP contribution in [0.2, 0.25) is 0 Å². The third-order valence-electron chi connectivity index (χ3n) is 5.56. The summed E-state index contributed by atoms with van der Waals surface area (Å²) in [6, 6.07) is 8.61. The van der Waals surface area contributed by atoms with Crippen LogP contribution in [0.5, 0.6) is 5.75 Å². The lowest BCUT2D eigenvalue weighted by atomic mass is 9.89. The molecule has 26 heavy (non-hydrogen) atoms. The highest BCUT2D eigenvalue weighted by Gasteiger charge is 2.47. The molecule has 2 aliphatic heterocycles. The molecule has 0 spiro atoms. The Balaban J connectivity index is 0.00000196. The van der Waals surface area contributed by atoms with E-state index in [4.69, 9.17) is 4.74 Å². The molecule has 1 aromatic carbocycles. The molecule has 3 heterocycles. The van der Waals surface area contributed by atoms with Crippen LogP contribution in [-0.4, -0.2) is 64.9 Å². The zero-order valence-corrected chi connectivity index (χ0v) is 16.0. The van der Waals surface area contributed by atoms with Gasteiger partial charge in [-0.1, -0.05) is 12.1 Å². The number of benzene rings is 1. The van der Waals surface area contributed by atoms with E-state index in [2.05, 4.69) is 39.5 Å². The Labute approximate surface area is 159 Å². The zero-order chi connectivity index (χ0) is 17.6. The topological polar surface area (TPSA) is 74.3 Å². The van der Waals surface area contributed by atoms with Gasteiger partial charge in [-0.05, 0) is 37.6 Å². The minimum Gasteiger partial charge on any atom is -0.497 e. The number of carbonyl (C=O) groups excluding carboxylic acids is 1.